The summed E-state index contributed by atoms with van der Waals surface area (Å²) in [5.41, 5.74) is 20.2. The predicted molar refractivity (Wildman–Crippen MR) is 234 cm³/mol. The van der Waals surface area contributed by atoms with Gasteiger partial charge in [0, 0.05) is 0 Å². The van der Waals surface area contributed by atoms with Crippen LogP contribution >= 0.6 is 0 Å². The van der Waals surface area contributed by atoms with Crippen molar-refractivity contribution < 1.29 is 20.4 Å². The molecule has 0 aliphatic heterocycles. The Morgan fingerprint density at radius 3 is 1.30 bits per heavy atom. The molecule has 4 aliphatic rings. The molecule has 0 heterocycles. The molecule has 0 saturated carbocycles. The van der Waals surface area contributed by atoms with E-state index in [1.165, 1.54) is 90.0 Å². The van der Waals surface area contributed by atoms with Gasteiger partial charge in [0.2, 0.25) is 0 Å². The van der Waals surface area contributed by atoms with Crippen LogP contribution in [0.1, 0.15) is 92.3 Å². The van der Waals surface area contributed by atoms with Crippen molar-refractivity contribution in [1.29, 1.82) is 0 Å². The molecule has 2 heteroatoms. The first-order valence-electron chi connectivity index (χ1n) is 20.1. The summed E-state index contributed by atoms with van der Waals surface area (Å²) in [4.78, 5) is 0. The number of hydrogen-bond donors (Lipinski definition) is 0. The number of hydrogen-bond acceptors (Lipinski definition) is 0. The van der Waals surface area contributed by atoms with Gasteiger partial charge in [-0.25, -0.2) is 0 Å². The normalized spacial score (nSPS) is 17.3. The van der Waals surface area contributed by atoms with Crippen molar-refractivity contribution in [3.8, 4) is 22.3 Å². The first-order chi connectivity index (χ1) is 26.3. The van der Waals surface area contributed by atoms with E-state index in [1.807, 2.05) is 0 Å². The van der Waals surface area contributed by atoms with Crippen LogP contribution in [-0.2, 0) is 20.4 Å². The van der Waals surface area contributed by atoms with Gasteiger partial charge in [0.1, 0.15) is 0 Å². The first-order valence-corrected chi connectivity index (χ1v) is 29.1. The van der Waals surface area contributed by atoms with Gasteiger partial charge in [-0.1, -0.05) is 0 Å². The van der Waals surface area contributed by atoms with Crippen molar-refractivity contribution in [2.75, 3.05) is 0 Å². The molecule has 264 valence electrons. The second-order valence-electron chi connectivity index (χ2n) is 17.2. The van der Waals surface area contributed by atoms with Gasteiger partial charge in [0.15, 0.2) is 0 Å². The Balaban J connectivity index is 1.16. The molecule has 54 heavy (non-hydrogen) atoms. The van der Waals surface area contributed by atoms with Crippen LogP contribution in [0.2, 0.25) is 13.1 Å². The van der Waals surface area contributed by atoms with Gasteiger partial charge in [-0.2, -0.15) is 0 Å². The number of allylic oxidation sites excluding steroid dienone is 2. The third-order valence-corrected chi connectivity index (χ3v) is 32.0. The van der Waals surface area contributed by atoms with Crippen molar-refractivity contribution in [3.05, 3.63) is 153 Å². The van der Waals surface area contributed by atoms with Gasteiger partial charge in [0.25, 0.3) is 0 Å². The molecule has 2 atom stereocenters. The number of rotatable bonds is 8. The SMILES string of the molecule is CC(C)CC1=Cc2c(-c3ccc4c5c(cccc35)C=C4)cccc2[CH]1[Zr]([CH]1C(CC(C)C)=Cc2c(-c3ccc4c5c(cccc35)C=C4)cccc21)=[Si](C)C. The van der Waals surface area contributed by atoms with Crippen LogP contribution in [-0.4, -0.2) is 5.43 Å². The van der Waals surface area contributed by atoms with Crippen LogP contribution in [0.25, 0.3) is 80.3 Å². The van der Waals surface area contributed by atoms with E-state index in [9.17, 15) is 0 Å². The van der Waals surface area contributed by atoms with E-state index < -0.39 is 25.8 Å². The molecule has 2 unspecified atom stereocenters. The predicted octanol–water partition coefficient (Wildman–Crippen LogP) is 14.8. The van der Waals surface area contributed by atoms with Crippen LogP contribution in [0.5, 0.6) is 0 Å². The van der Waals surface area contributed by atoms with Gasteiger partial charge in [-0.05, 0) is 0 Å². The third-order valence-electron chi connectivity index (χ3n) is 12.5. The summed E-state index contributed by atoms with van der Waals surface area (Å²) in [6.07, 6.45) is 16.9. The van der Waals surface area contributed by atoms with Crippen LogP contribution in [0.4, 0.5) is 0 Å². The minimum absolute atomic E-state index is 0.587. The van der Waals surface area contributed by atoms with Crippen LogP contribution < -0.4 is 0 Å². The average molecular weight is 792 g/mol. The topological polar surface area (TPSA) is 0 Å². The zero-order valence-corrected chi connectivity index (χ0v) is 35.9. The van der Waals surface area contributed by atoms with E-state index in [-0.39, 0.29) is 0 Å². The maximum atomic E-state index is 2.70. The number of fused-ring (bicyclic) bond motifs is 2. The molecule has 0 N–H and O–H groups in total. The fourth-order valence-electron chi connectivity index (χ4n) is 10.5. The quantitative estimate of drug-likeness (QED) is 0.135. The molecule has 0 bridgehead atoms. The Morgan fingerprint density at radius 2 is 0.889 bits per heavy atom. The molecule has 0 saturated heterocycles. The molecule has 6 aromatic carbocycles. The molecule has 0 nitrogen and oxygen atoms in total. The van der Waals surface area contributed by atoms with Crippen molar-refractivity contribution in [3.63, 3.8) is 0 Å². The Labute approximate surface area is 329 Å². The molecule has 0 spiro atoms. The summed E-state index contributed by atoms with van der Waals surface area (Å²) in [7, 11) is 0. The van der Waals surface area contributed by atoms with Crippen molar-refractivity contribution >= 4 is 63.4 Å². The summed E-state index contributed by atoms with van der Waals surface area (Å²) in [5, 5.41) is 5.60. The standard InChI is InChI=1S/2C25H21.C2H6Si.Zr/c2*1-16(2)13-17-14-20-6-4-7-21(24(20)15-17)22-12-11-19-10-9-18-5-3-8-23(22)25(18)19;1-3-2;/h2*3-12,14-16H,13H2,1-2H3;1-2H3;. The van der Waals surface area contributed by atoms with Gasteiger partial charge >= 0.3 is 331 Å². The van der Waals surface area contributed by atoms with Gasteiger partial charge in [0.05, 0.1) is 0 Å². The van der Waals surface area contributed by atoms with E-state index >= 15 is 0 Å². The maximum absolute atomic E-state index is 2.70. The summed E-state index contributed by atoms with van der Waals surface area (Å²) >= 11 is -2.37. The molecular weight excluding hydrogens is 744 g/mol. The first kappa shape index (κ1) is 34.4. The van der Waals surface area contributed by atoms with Crippen molar-refractivity contribution in [2.45, 2.75) is 60.9 Å². The molecule has 0 fully saturated rings. The fraction of sp³-hybridized carbons (Fsp3) is 0.231. The molecular formula is C52H48SiZr. The second-order valence-corrected chi connectivity index (χ2v) is 35.1. The van der Waals surface area contributed by atoms with E-state index in [0.717, 1.165) is 0 Å². The molecule has 4 aliphatic carbocycles. The number of benzene rings is 6. The van der Waals surface area contributed by atoms with Crippen LogP contribution in [0.3, 0.4) is 0 Å². The van der Waals surface area contributed by atoms with E-state index in [1.54, 1.807) is 22.3 Å². The second kappa shape index (κ2) is 13.3. The van der Waals surface area contributed by atoms with Crippen LogP contribution in [0.15, 0.2) is 108 Å². The van der Waals surface area contributed by atoms with Crippen LogP contribution in [0, 0.1) is 11.8 Å². The van der Waals surface area contributed by atoms with Crippen molar-refractivity contribution in [2.24, 2.45) is 11.8 Å². The zero-order valence-electron chi connectivity index (χ0n) is 32.4. The molecule has 0 aromatic heterocycles. The van der Waals surface area contributed by atoms with Crippen molar-refractivity contribution in [1.82, 2.24) is 0 Å². The monoisotopic (exact) mass is 790 g/mol. The zero-order chi connectivity index (χ0) is 36.8. The Hall–Kier alpha value is -4.10. The molecule has 6 aromatic rings. The molecule has 0 radical (unpaired) electrons. The van der Waals surface area contributed by atoms with E-state index in [0.29, 0.717) is 19.1 Å². The summed E-state index contributed by atoms with van der Waals surface area (Å²) < 4.78 is 1.20. The van der Waals surface area contributed by atoms with E-state index in [4.69, 9.17) is 0 Å². The summed E-state index contributed by atoms with van der Waals surface area (Å²) in [6.45, 7) is 15.1. The van der Waals surface area contributed by atoms with Gasteiger partial charge < -0.3 is 0 Å². The molecule has 10 rings (SSSR count). The summed E-state index contributed by atoms with van der Waals surface area (Å²) in [5.74, 6) is 1.25. The van der Waals surface area contributed by atoms with Gasteiger partial charge in [-0.3, -0.25) is 0 Å². The molecule has 0 amide bonds. The Kier molecular flexibility index (Phi) is 8.46. The Bertz CT molecular complexity index is 2530. The average Bonchev–Trinajstić information content (AvgIpc) is 3.94. The van der Waals surface area contributed by atoms with Gasteiger partial charge in [-0.15, -0.1) is 0 Å². The third kappa shape index (κ3) is 5.38. The Morgan fingerprint density at radius 1 is 0.481 bits per heavy atom. The fourth-order valence-corrected chi connectivity index (χ4v) is 30.8. The van der Waals surface area contributed by atoms with E-state index in [2.05, 4.69) is 174 Å². The minimum atomic E-state index is -2.37. The summed E-state index contributed by atoms with van der Waals surface area (Å²) in [6, 6.07) is 37.9.